The van der Waals surface area contributed by atoms with Gasteiger partial charge in [0, 0.05) is 25.1 Å². The maximum atomic E-state index is 5.74. The number of hydrogen-bond donors (Lipinski definition) is 2. The van der Waals surface area contributed by atoms with Crippen molar-refractivity contribution in [1.29, 1.82) is 0 Å². The Bertz CT molecular complexity index is 378. The van der Waals surface area contributed by atoms with Crippen molar-refractivity contribution in [3.8, 4) is 0 Å². The molecule has 5 heteroatoms. The van der Waals surface area contributed by atoms with E-state index in [9.17, 15) is 0 Å². The van der Waals surface area contributed by atoms with E-state index in [-0.39, 0.29) is 0 Å². The first kappa shape index (κ1) is 15.7. The predicted molar refractivity (Wildman–Crippen MR) is 81.3 cm³/mol. The number of anilines is 2. The first-order valence-electron chi connectivity index (χ1n) is 7.10. The summed E-state index contributed by atoms with van der Waals surface area (Å²) in [5.41, 5.74) is 5.74. The predicted octanol–water partition coefficient (Wildman–Crippen LogP) is 2.15. The van der Waals surface area contributed by atoms with Gasteiger partial charge >= 0.3 is 0 Å². The monoisotopic (exact) mass is 265 g/mol. The van der Waals surface area contributed by atoms with Crippen LogP contribution in [-0.2, 0) is 6.42 Å². The first-order chi connectivity index (χ1) is 9.02. The van der Waals surface area contributed by atoms with Gasteiger partial charge in [-0.1, -0.05) is 6.92 Å². The molecule has 19 heavy (non-hydrogen) atoms. The minimum Gasteiger partial charge on any atom is -0.384 e. The molecule has 0 atom stereocenters. The summed E-state index contributed by atoms with van der Waals surface area (Å²) in [6.07, 6.45) is 3.12. The van der Waals surface area contributed by atoms with Crippen LogP contribution in [0.5, 0.6) is 0 Å². The minimum absolute atomic E-state index is 0.536. The van der Waals surface area contributed by atoms with Crippen LogP contribution in [-0.4, -0.2) is 41.0 Å². The third kappa shape index (κ3) is 5.87. The van der Waals surface area contributed by atoms with Crippen LogP contribution in [0.4, 0.5) is 11.6 Å². The van der Waals surface area contributed by atoms with E-state index >= 15 is 0 Å². The van der Waals surface area contributed by atoms with Crippen molar-refractivity contribution in [2.24, 2.45) is 0 Å². The topological polar surface area (TPSA) is 67.1 Å². The van der Waals surface area contributed by atoms with E-state index in [0.717, 1.165) is 37.6 Å². The van der Waals surface area contributed by atoms with Crippen LogP contribution in [0.2, 0.25) is 0 Å². The van der Waals surface area contributed by atoms with Crippen LogP contribution in [0.25, 0.3) is 0 Å². The largest absolute Gasteiger partial charge is 0.384 e. The molecule has 0 fully saturated rings. The molecule has 0 aliphatic heterocycles. The number of rotatable bonds is 8. The summed E-state index contributed by atoms with van der Waals surface area (Å²) in [6, 6.07) is 2.40. The molecule has 1 heterocycles. The highest BCUT2D eigenvalue weighted by Crippen LogP contribution is 2.09. The zero-order valence-electron chi connectivity index (χ0n) is 12.6. The molecule has 5 nitrogen and oxygen atoms in total. The normalized spacial score (nSPS) is 11.3. The summed E-state index contributed by atoms with van der Waals surface area (Å²) in [5.74, 6) is 2.16. The van der Waals surface area contributed by atoms with Gasteiger partial charge in [-0.3, -0.25) is 0 Å². The Hall–Kier alpha value is -1.36. The van der Waals surface area contributed by atoms with E-state index in [1.165, 1.54) is 6.42 Å². The van der Waals surface area contributed by atoms with Gasteiger partial charge < -0.3 is 16.0 Å². The van der Waals surface area contributed by atoms with E-state index in [1.807, 2.05) is 6.92 Å². The standard InChI is InChI=1S/C14H27N5/c1-5-13-17-12(15)10-14(18-13)16-8-6-7-9-19(4)11(2)3/h10-11H,5-9H2,1-4H3,(H3,15,16,17,18). The van der Waals surface area contributed by atoms with Gasteiger partial charge in [-0.2, -0.15) is 0 Å². The van der Waals surface area contributed by atoms with Gasteiger partial charge in [-0.05, 0) is 40.3 Å². The Labute approximate surface area is 116 Å². The Kier molecular flexibility index (Phi) is 6.56. The van der Waals surface area contributed by atoms with Gasteiger partial charge in [-0.15, -0.1) is 0 Å². The van der Waals surface area contributed by atoms with Gasteiger partial charge in [0.05, 0.1) is 0 Å². The molecule has 0 radical (unpaired) electrons. The lowest BCUT2D eigenvalue weighted by molar-refractivity contribution is 0.269. The molecule has 0 aliphatic carbocycles. The number of hydrogen-bond acceptors (Lipinski definition) is 5. The average Bonchev–Trinajstić information content (AvgIpc) is 2.37. The van der Waals surface area contributed by atoms with E-state index in [2.05, 4.69) is 41.1 Å². The number of unbranched alkanes of at least 4 members (excludes halogenated alkanes) is 1. The van der Waals surface area contributed by atoms with Gasteiger partial charge in [0.1, 0.15) is 17.5 Å². The maximum Gasteiger partial charge on any atom is 0.132 e. The van der Waals surface area contributed by atoms with Crippen molar-refractivity contribution in [2.45, 2.75) is 46.1 Å². The molecule has 0 aliphatic rings. The van der Waals surface area contributed by atoms with Crippen LogP contribution in [0.3, 0.4) is 0 Å². The van der Waals surface area contributed by atoms with Crippen LogP contribution in [0.15, 0.2) is 6.07 Å². The fourth-order valence-corrected chi connectivity index (χ4v) is 1.73. The summed E-state index contributed by atoms with van der Waals surface area (Å²) in [5, 5.41) is 3.31. The maximum absolute atomic E-state index is 5.74. The molecule has 1 aromatic rings. The summed E-state index contributed by atoms with van der Waals surface area (Å²) in [7, 11) is 2.16. The highest BCUT2D eigenvalue weighted by Gasteiger charge is 2.03. The number of aryl methyl sites for hydroxylation is 1. The van der Waals surface area contributed by atoms with E-state index in [1.54, 1.807) is 6.07 Å². The number of nitrogens with two attached hydrogens (primary N) is 1. The van der Waals surface area contributed by atoms with Crippen molar-refractivity contribution in [3.05, 3.63) is 11.9 Å². The van der Waals surface area contributed by atoms with Gasteiger partial charge in [0.2, 0.25) is 0 Å². The highest BCUT2D eigenvalue weighted by atomic mass is 15.1. The summed E-state index contributed by atoms with van der Waals surface area (Å²) >= 11 is 0. The lowest BCUT2D eigenvalue weighted by Gasteiger charge is -2.20. The third-order valence-corrected chi connectivity index (χ3v) is 3.23. The fraction of sp³-hybridized carbons (Fsp3) is 0.714. The molecular weight excluding hydrogens is 238 g/mol. The van der Waals surface area contributed by atoms with Crippen LogP contribution < -0.4 is 11.1 Å². The Morgan fingerprint density at radius 2 is 2.05 bits per heavy atom. The second kappa shape index (κ2) is 7.94. The molecule has 0 bridgehead atoms. The van der Waals surface area contributed by atoms with Crippen molar-refractivity contribution < 1.29 is 0 Å². The number of aromatic nitrogens is 2. The summed E-state index contributed by atoms with van der Waals surface area (Å²) in [6.45, 7) is 8.51. The lowest BCUT2D eigenvalue weighted by atomic mass is 10.2. The van der Waals surface area contributed by atoms with Crippen molar-refractivity contribution in [1.82, 2.24) is 14.9 Å². The fourth-order valence-electron chi connectivity index (χ4n) is 1.73. The van der Waals surface area contributed by atoms with E-state index in [4.69, 9.17) is 5.73 Å². The number of nitrogens with zero attached hydrogens (tertiary/aromatic N) is 3. The molecule has 0 saturated heterocycles. The summed E-state index contributed by atoms with van der Waals surface area (Å²) < 4.78 is 0. The number of nitrogen functional groups attached to an aromatic ring is 1. The molecule has 0 saturated carbocycles. The summed E-state index contributed by atoms with van der Waals surface area (Å²) in [4.78, 5) is 10.9. The molecule has 1 aromatic heterocycles. The van der Waals surface area contributed by atoms with Gasteiger partial charge in [0.25, 0.3) is 0 Å². The molecule has 3 N–H and O–H groups in total. The molecule has 108 valence electrons. The van der Waals surface area contributed by atoms with E-state index in [0.29, 0.717) is 11.9 Å². The third-order valence-electron chi connectivity index (χ3n) is 3.23. The first-order valence-corrected chi connectivity index (χ1v) is 7.10. The van der Waals surface area contributed by atoms with Crippen molar-refractivity contribution in [2.75, 3.05) is 31.2 Å². The lowest BCUT2D eigenvalue weighted by Crippen LogP contribution is -2.27. The molecule has 0 aromatic carbocycles. The van der Waals surface area contributed by atoms with Crippen molar-refractivity contribution >= 4 is 11.6 Å². The van der Waals surface area contributed by atoms with E-state index < -0.39 is 0 Å². The molecule has 0 spiro atoms. The average molecular weight is 265 g/mol. The molecule has 0 amide bonds. The molecular formula is C14H27N5. The van der Waals surface area contributed by atoms with Crippen LogP contribution in [0.1, 0.15) is 39.4 Å². The molecule has 0 unspecified atom stereocenters. The smallest absolute Gasteiger partial charge is 0.132 e. The van der Waals surface area contributed by atoms with Gasteiger partial charge in [0.15, 0.2) is 0 Å². The van der Waals surface area contributed by atoms with Crippen LogP contribution in [0, 0.1) is 0 Å². The van der Waals surface area contributed by atoms with Crippen LogP contribution >= 0.6 is 0 Å². The Morgan fingerprint density at radius 3 is 2.68 bits per heavy atom. The zero-order valence-corrected chi connectivity index (χ0v) is 12.6. The highest BCUT2D eigenvalue weighted by molar-refractivity contribution is 5.44. The second-order valence-electron chi connectivity index (χ2n) is 5.16. The minimum atomic E-state index is 0.536. The Balaban J connectivity index is 2.28. The van der Waals surface area contributed by atoms with Crippen molar-refractivity contribution in [3.63, 3.8) is 0 Å². The SMILES string of the molecule is CCc1nc(N)cc(NCCCCN(C)C(C)C)n1. The quantitative estimate of drug-likeness (QED) is 0.705. The number of nitrogens with one attached hydrogen (secondary N) is 1. The van der Waals surface area contributed by atoms with Gasteiger partial charge in [-0.25, -0.2) is 9.97 Å². The Morgan fingerprint density at radius 1 is 1.32 bits per heavy atom. The second-order valence-corrected chi connectivity index (χ2v) is 5.16. The molecule has 1 rings (SSSR count). The zero-order chi connectivity index (χ0) is 14.3.